The fourth-order valence-electron chi connectivity index (χ4n) is 1.72. The molecule has 0 amide bonds. The Morgan fingerprint density at radius 3 is 2.19 bits per heavy atom. The predicted octanol–water partition coefficient (Wildman–Crippen LogP) is 0.773. The molecule has 78 valence electrons. The van der Waals surface area contributed by atoms with Crippen molar-refractivity contribution < 1.29 is 64.3 Å². The molecule has 0 nitrogen and oxygen atoms in total. The topological polar surface area (TPSA) is 0 Å². The summed E-state index contributed by atoms with van der Waals surface area (Å²) < 4.78 is 37.0. The van der Waals surface area contributed by atoms with Gasteiger partial charge < -0.3 is 12.9 Å². The van der Waals surface area contributed by atoms with Crippen molar-refractivity contribution in [2.45, 2.75) is 6.32 Å². The Hall–Kier alpha value is 0.191. The first-order chi connectivity index (χ1) is 7.06. The van der Waals surface area contributed by atoms with E-state index in [1.54, 1.807) is 18.2 Å². The number of hydrogen-bond donors (Lipinski definition) is 0. The summed E-state index contributed by atoms with van der Waals surface area (Å²) in [5, 5.41) is 1.55. The molecule has 0 unspecified atom stereocenters. The van der Waals surface area contributed by atoms with E-state index in [1.807, 2.05) is 18.2 Å². The van der Waals surface area contributed by atoms with Crippen LogP contribution in [0.15, 0.2) is 42.5 Å². The maximum Gasteiger partial charge on any atom is 1.00 e. The molecule has 0 bridgehead atoms. The van der Waals surface area contributed by atoms with Crippen molar-refractivity contribution >= 4 is 17.7 Å². The Morgan fingerprint density at radius 1 is 0.875 bits per heavy atom. The molecule has 0 aliphatic rings. The van der Waals surface area contributed by atoms with Gasteiger partial charge in [-0.1, -0.05) is 54.3 Å². The zero-order chi connectivity index (χ0) is 10.9. The molecule has 2 aromatic carbocycles. The molecular weight excluding hydrogens is 239 g/mol. The van der Waals surface area contributed by atoms with Crippen LogP contribution >= 0.6 is 0 Å². The van der Waals surface area contributed by atoms with Crippen LogP contribution in [-0.2, 0) is 6.32 Å². The third-order valence-electron chi connectivity index (χ3n) is 2.33. The van der Waals surface area contributed by atoms with Crippen LogP contribution in [0.5, 0.6) is 0 Å². The molecule has 0 saturated heterocycles. The summed E-state index contributed by atoms with van der Waals surface area (Å²) in [7, 11) is 0. The van der Waals surface area contributed by atoms with Gasteiger partial charge >= 0.3 is 58.4 Å². The molecule has 0 aromatic heterocycles. The van der Waals surface area contributed by atoms with Gasteiger partial charge in [-0.2, -0.15) is 0 Å². The summed E-state index contributed by atoms with van der Waals surface area (Å²) in [6, 6.07) is 12.2. The van der Waals surface area contributed by atoms with Crippen LogP contribution in [0.3, 0.4) is 0 Å². The van der Waals surface area contributed by atoms with Crippen LogP contribution in [0.1, 0.15) is 5.56 Å². The van der Waals surface area contributed by atoms with Crippen LogP contribution < -0.4 is 51.4 Å². The van der Waals surface area contributed by atoms with Crippen molar-refractivity contribution in [3.63, 3.8) is 0 Å². The van der Waals surface area contributed by atoms with E-state index in [2.05, 4.69) is 0 Å². The van der Waals surface area contributed by atoms with Gasteiger partial charge in [-0.3, -0.25) is 0 Å². The van der Waals surface area contributed by atoms with Crippen molar-refractivity contribution in [2.24, 2.45) is 0 Å². The monoisotopic (exact) mass is 248 g/mol. The van der Waals surface area contributed by atoms with Gasteiger partial charge in [0.05, 0.1) is 0 Å². The van der Waals surface area contributed by atoms with Gasteiger partial charge in [0.2, 0.25) is 0 Å². The zero-order valence-electron chi connectivity index (χ0n) is 8.96. The van der Waals surface area contributed by atoms with Gasteiger partial charge in [-0.25, -0.2) is 0 Å². The molecular formula is C11H9BF3K. The van der Waals surface area contributed by atoms with Gasteiger partial charge in [0.25, 0.3) is 0 Å². The van der Waals surface area contributed by atoms with E-state index in [-0.39, 0.29) is 51.4 Å². The second-order valence-electron chi connectivity index (χ2n) is 3.55. The van der Waals surface area contributed by atoms with Crippen molar-refractivity contribution in [3.8, 4) is 0 Å². The Morgan fingerprint density at radius 2 is 1.50 bits per heavy atom. The molecule has 2 aromatic rings. The number of rotatable bonds is 2. The molecule has 0 spiro atoms. The Labute approximate surface area is 135 Å². The Balaban J connectivity index is 0.00000128. The average Bonchev–Trinajstić information content (AvgIpc) is 2.16. The molecule has 0 aliphatic heterocycles. The minimum absolute atomic E-state index is 0. The van der Waals surface area contributed by atoms with Crippen LogP contribution in [-0.4, -0.2) is 6.98 Å². The van der Waals surface area contributed by atoms with E-state index in [0.717, 1.165) is 5.39 Å². The van der Waals surface area contributed by atoms with Gasteiger partial charge in [0, 0.05) is 0 Å². The first-order valence-electron chi connectivity index (χ1n) is 4.74. The Bertz CT molecular complexity index is 477. The summed E-state index contributed by atoms with van der Waals surface area (Å²) >= 11 is 0. The zero-order valence-corrected chi connectivity index (χ0v) is 12.1. The molecule has 0 fully saturated rings. The van der Waals surface area contributed by atoms with Crippen LogP contribution in [0.25, 0.3) is 10.8 Å². The quantitative estimate of drug-likeness (QED) is 0.689. The normalized spacial score (nSPS) is 11.2. The molecule has 0 saturated carbocycles. The summed E-state index contributed by atoms with van der Waals surface area (Å²) in [6.45, 7) is -4.76. The van der Waals surface area contributed by atoms with E-state index in [1.165, 1.54) is 6.07 Å². The summed E-state index contributed by atoms with van der Waals surface area (Å²) in [4.78, 5) is 0. The number of fused-ring (bicyclic) bond motifs is 1. The molecule has 16 heavy (non-hydrogen) atoms. The largest absolute Gasteiger partial charge is 1.00 e. The molecule has 0 heterocycles. The fourth-order valence-corrected chi connectivity index (χ4v) is 1.72. The summed E-state index contributed by atoms with van der Waals surface area (Å²) in [5.74, 6) is 0. The SMILES string of the molecule is F[B-](F)(F)Cc1cccc2ccccc12.[K+]. The number of halogens is 3. The second kappa shape index (κ2) is 5.69. The standard InChI is InChI=1S/C11H9BF3.K/c13-12(14,15)8-10-6-3-5-9-4-1-2-7-11(9)10;/h1-7H,8H2;/q-1;+1. The molecule has 0 N–H and O–H groups in total. The van der Waals surface area contributed by atoms with Crippen molar-refractivity contribution in [2.75, 3.05) is 0 Å². The number of benzene rings is 2. The molecule has 0 aliphatic carbocycles. The van der Waals surface area contributed by atoms with Crippen LogP contribution in [0, 0.1) is 0 Å². The van der Waals surface area contributed by atoms with Crippen LogP contribution in [0.2, 0.25) is 0 Å². The van der Waals surface area contributed by atoms with E-state index in [0.29, 0.717) is 10.9 Å². The van der Waals surface area contributed by atoms with Gasteiger partial charge in [-0.15, -0.1) is 0 Å². The Kier molecular flexibility index (Phi) is 5.07. The maximum absolute atomic E-state index is 12.3. The second-order valence-corrected chi connectivity index (χ2v) is 3.55. The fraction of sp³-hybridized carbons (Fsp3) is 0.0909. The molecule has 0 radical (unpaired) electrons. The van der Waals surface area contributed by atoms with E-state index < -0.39 is 13.3 Å². The number of hydrogen-bond acceptors (Lipinski definition) is 0. The first-order valence-corrected chi connectivity index (χ1v) is 4.74. The van der Waals surface area contributed by atoms with Crippen molar-refractivity contribution in [3.05, 3.63) is 48.0 Å². The minimum atomic E-state index is -4.76. The summed E-state index contributed by atoms with van der Waals surface area (Å²) in [6.07, 6.45) is -0.804. The molecule has 0 atom stereocenters. The van der Waals surface area contributed by atoms with Gasteiger partial charge in [-0.05, 0) is 10.8 Å². The van der Waals surface area contributed by atoms with Gasteiger partial charge in [0.1, 0.15) is 0 Å². The first kappa shape index (κ1) is 14.3. The average molecular weight is 248 g/mol. The smallest absolute Gasteiger partial charge is 0.449 e. The van der Waals surface area contributed by atoms with Crippen molar-refractivity contribution in [1.82, 2.24) is 0 Å². The van der Waals surface area contributed by atoms with E-state index >= 15 is 0 Å². The van der Waals surface area contributed by atoms with Crippen molar-refractivity contribution in [1.29, 1.82) is 0 Å². The molecule has 2 rings (SSSR count). The van der Waals surface area contributed by atoms with E-state index in [9.17, 15) is 12.9 Å². The van der Waals surface area contributed by atoms with Crippen LogP contribution in [0.4, 0.5) is 12.9 Å². The molecule has 5 heteroatoms. The third kappa shape index (κ3) is 3.60. The predicted molar refractivity (Wildman–Crippen MR) is 56.7 cm³/mol. The minimum Gasteiger partial charge on any atom is -0.449 e. The van der Waals surface area contributed by atoms with E-state index in [4.69, 9.17) is 0 Å². The maximum atomic E-state index is 12.3. The summed E-state index contributed by atoms with van der Waals surface area (Å²) in [5.41, 5.74) is 0.362. The van der Waals surface area contributed by atoms with Gasteiger partial charge in [0.15, 0.2) is 0 Å². The third-order valence-corrected chi connectivity index (χ3v) is 2.33.